The lowest BCUT2D eigenvalue weighted by Crippen LogP contribution is -2.49. The van der Waals surface area contributed by atoms with E-state index in [1.165, 1.54) is 5.56 Å². The van der Waals surface area contributed by atoms with E-state index in [0.717, 1.165) is 43.6 Å². The lowest BCUT2D eigenvalue weighted by molar-refractivity contribution is -0.117. The van der Waals surface area contributed by atoms with Gasteiger partial charge in [-0.3, -0.25) is 9.69 Å². The molecule has 0 radical (unpaired) electrons. The van der Waals surface area contributed by atoms with Crippen molar-refractivity contribution < 1.29 is 4.79 Å². The summed E-state index contributed by atoms with van der Waals surface area (Å²) in [7, 11) is 0. The second kappa shape index (κ2) is 9.51. The molecule has 0 bridgehead atoms. The van der Waals surface area contributed by atoms with Gasteiger partial charge in [-0.15, -0.1) is 0 Å². The van der Waals surface area contributed by atoms with Crippen LogP contribution < -0.4 is 5.32 Å². The number of carbonyl (C=O) groups excluding carboxylic acids is 1. The first-order valence-electron chi connectivity index (χ1n) is 8.84. The summed E-state index contributed by atoms with van der Waals surface area (Å²) in [6, 6.07) is 16.0. The van der Waals surface area contributed by atoms with E-state index in [2.05, 4.69) is 61.4 Å². The number of amides is 1. The van der Waals surface area contributed by atoms with Crippen LogP contribution in [0.4, 0.5) is 5.69 Å². The van der Waals surface area contributed by atoms with Crippen LogP contribution >= 0.6 is 27.5 Å². The first kappa shape index (κ1) is 19.4. The van der Waals surface area contributed by atoms with Crippen molar-refractivity contribution in [2.75, 3.05) is 44.6 Å². The number of hydrogen-bond donors (Lipinski definition) is 1. The molecule has 3 rings (SSSR count). The molecule has 0 aromatic heterocycles. The molecule has 0 spiro atoms. The SMILES string of the molecule is O=C(CN1CCN(CCc2ccccc2)CC1)Nc1ccc(Br)cc1Cl. The predicted molar refractivity (Wildman–Crippen MR) is 111 cm³/mol. The Morgan fingerprint density at radius 2 is 1.73 bits per heavy atom. The molecule has 26 heavy (non-hydrogen) atoms. The van der Waals surface area contributed by atoms with Crippen LogP contribution in [0.15, 0.2) is 53.0 Å². The van der Waals surface area contributed by atoms with Crippen molar-refractivity contribution in [1.82, 2.24) is 9.80 Å². The Morgan fingerprint density at radius 3 is 2.42 bits per heavy atom. The summed E-state index contributed by atoms with van der Waals surface area (Å²) in [6.07, 6.45) is 1.07. The molecule has 1 saturated heterocycles. The molecule has 2 aromatic carbocycles. The number of piperazine rings is 1. The zero-order valence-corrected chi connectivity index (χ0v) is 17.0. The molecule has 0 aliphatic carbocycles. The van der Waals surface area contributed by atoms with Gasteiger partial charge in [0.05, 0.1) is 17.3 Å². The van der Waals surface area contributed by atoms with Gasteiger partial charge in [0.25, 0.3) is 0 Å². The zero-order chi connectivity index (χ0) is 18.4. The van der Waals surface area contributed by atoms with E-state index in [-0.39, 0.29) is 5.91 Å². The Hall–Kier alpha value is -1.40. The van der Waals surface area contributed by atoms with Crippen LogP contribution in [0, 0.1) is 0 Å². The molecule has 0 unspecified atom stereocenters. The highest BCUT2D eigenvalue weighted by Crippen LogP contribution is 2.25. The van der Waals surface area contributed by atoms with E-state index in [1.807, 2.05) is 12.1 Å². The van der Waals surface area contributed by atoms with Crippen molar-refractivity contribution in [3.05, 3.63) is 63.6 Å². The second-order valence-corrected chi connectivity index (χ2v) is 7.85. The molecule has 138 valence electrons. The Kier molecular flexibility index (Phi) is 7.08. The van der Waals surface area contributed by atoms with E-state index in [9.17, 15) is 4.79 Å². The second-order valence-electron chi connectivity index (χ2n) is 6.53. The summed E-state index contributed by atoms with van der Waals surface area (Å²) in [6.45, 7) is 5.29. The molecule has 1 N–H and O–H groups in total. The number of nitrogens with one attached hydrogen (secondary N) is 1. The highest BCUT2D eigenvalue weighted by Gasteiger charge is 2.19. The van der Waals surface area contributed by atoms with Crippen LogP contribution in [0.2, 0.25) is 5.02 Å². The summed E-state index contributed by atoms with van der Waals surface area (Å²) in [5.74, 6) is -0.0213. The highest BCUT2D eigenvalue weighted by molar-refractivity contribution is 9.10. The third-order valence-corrected chi connectivity index (χ3v) is 5.40. The van der Waals surface area contributed by atoms with E-state index in [0.29, 0.717) is 17.3 Å². The molecule has 1 aliphatic rings. The largest absolute Gasteiger partial charge is 0.324 e. The van der Waals surface area contributed by atoms with E-state index >= 15 is 0 Å². The highest BCUT2D eigenvalue weighted by atomic mass is 79.9. The third kappa shape index (κ3) is 5.81. The number of carbonyl (C=O) groups is 1. The smallest absolute Gasteiger partial charge is 0.238 e. The Bertz CT molecular complexity index is 733. The molecule has 4 nitrogen and oxygen atoms in total. The lowest BCUT2D eigenvalue weighted by atomic mass is 10.1. The van der Waals surface area contributed by atoms with Gasteiger partial charge in [-0.1, -0.05) is 57.9 Å². The van der Waals surface area contributed by atoms with E-state index < -0.39 is 0 Å². The van der Waals surface area contributed by atoms with Gasteiger partial charge < -0.3 is 10.2 Å². The quantitative estimate of drug-likeness (QED) is 0.746. The summed E-state index contributed by atoms with van der Waals surface area (Å²) in [5.41, 5.74) is 2.03. The normalized spacial score (nSPS) is 15.8. The van der Waals surface area contributed by atoms with E-state index in [1.54, 1.807) is 6.07 Å². The first-order valence-corrected chi connectivity index (χ1v) is 10.0. The topological polar surface area (TPSA) is 35.6 Å². The summed E-state index contributed by atoms with van der Waals surface area (Å²) in [5, 5.41) is 3.44. The van der Waals surface area contributed by atoms with Crippen LogP contribution in [0.3, 0.4) is 0 Å². The van der Waals surface area contributed by atoms with Gasteiger partial charge in [0.15, 0.2) is 0 Å². The van der Waals surface area contributed by atoms with Crippen LogP contribution in [0.25, 0.3) is 0 Å². The van der Waals surface area contributed by atoms with Crippen molar-refractivity contribution in [3.8, 4) is 0 Å². The number of nitrogens with zero attached hydrogens (tertiary/aromatic N) is 2. The zero-order valence-electron chi connectivity index (χ0n) is 14.6. The molecule has 1 aliphatic heterocycles. The van der Waals surface area contributed by atoms with Gasteiger partial charge in [0, 0.05) is 37.2 Å². The molecule has 6 heteroatoms. The fraction of sp³-hybridized carbons (Fsp3) is 0.350. The van der Waals surface area contributed by atoms with Crippen LogP contribution in [0.1, 0.15) is 5.56 Å². The molecule has 2 aromatic rings. The Labute approximate surface area is 168 Å². The average molecular weight is 437 g/mol. The van der Waals surface area contributed by atoms with Crippen molar-refractivity contribution in [2.45, 2.75) is 6.42 Å². The number of halogens is 2. The van der Waals surface area contributed by atoms with Gasteiger partial charge in [-0.25, -0.2) is 0 Å². The monoisotopic (exact) mass is 435 g/mol. The lowest BCUT2D eigenvalue weighted by Gasteiger charge is -2.34. The van der Waals surface area contributed by atoms with Gasteiger partial charge in [-0.05, 0) is 30.2 Å². The van der Waals surface area contributed by atoms with Gasteiger partial charge >= 0.3 is 0 Å². The molecular weight excluding hydrogens is 414 g/mol. The maximum absolute atomic E-state index is 12.3. The van der Waals surface area contributed by atoms with E-state index in [4.69, 9.17) is 11.6 Å². The number of rotatable bonds is 6. The first-order chi connectivity index (χ1) is 12.6. The summed E-state index contributed by atoms with van der Waals surface area (Å²) in [4.78, 5) is 16.9. The standard InChI is InChI=1S/C20H23BrClN3O/c21-17-6-7-19(18(22)14-17)23-20(26)15-25-12-10-24(11-13-25)9-8-16-4-2-1-3-5-16/h1-7,14H,8-13,15H2,(H,23,26). The van der Waals surface area contributed by atoms with Crippen LogP contribution in [-0.2, 0) is 11.2 Å². The third-order valence-electron chi connectivity index (χ3n) is 4.60. The number of anilines is 1. The Morgan fingerprint density at radius 1 is 1.04 bits per heavy atom. The molecule has 1 amide bonds. The fourth-order valence-electron chi connectivity index (χ4n) is 3.09. The summed E-state index contributed by atoms with van der Waals surface area (Å²) < 4.78 is 0.895. The maximum atomic E-state index is 12.3. The van der Waals surface area contributed by atoms with Crippen LogP contribution in [-0.4, -0.2) is 55.0 Å². The van der Waals surface area contributed by atoms with Gasteiger partial charge in [0.1, 0.15) is 0 Å². The minimum Gasteiger partial charge on any atom is -0.324 e. The number of benzene rings is 2. The molecular formula is C20H23BrClN3O. The minimum atomic E-state index is -0.0213. The summed E-state index contributed by atoms with van der Waals surface area (Å²) >= 11 is 9.52. The molecule has 1 fully saturated rings. The van der Waals surface area contributed by atoms with Gasteiger partial charge in [0.2, 0.25) is 5.91 Å². The minimum absolute atomic E-state index is 0.0213. The maximum Gasteiger partial charge on any atom is 0.238 e. The Balaban J connectivity index is 1.40. The average Bonchev–Trinajstić information content (AvgIpc) is 2.64. The predicted octanol–water partition coefficient (Wildman–Crippen LogP) is 3.90. The van der Waals surface area contributed by atoms with Crippen molar-refractivity contribution >= 4 is 39.1 Å². The number of hydrogen-bond acceptors (Lipinski definition) is 3. The van der Waals surface area contributed by atoms with Crippen molar-refractivity contribution in [3.63, 3.8) is 0 Å². The molecule has 0 atom stereocenters. The van der Waals surface area contributed by atoms with Crippen molar-refractivity contribution in [2.24, 2.45) is 0 Å². The molecule has 0 saturated carbocycles. The van der Waals surface area contributed by atoms with Crippen molar-refractivity contribution in [1.29, 1.82) is 0 Å². The van der Waals surface area contributed by atoms with Crippen LogP contribution in [0.5, 0.6) is 0 Å². The van der Waals surface area contributed by atoms with Gasteiger partial charge in [-0.2, -0.15) is 0 Å². The fourth-order valence-corrected chi connectivity index (χ4v) is 3.81. The molecule has 1 heterocycles.